The van der Waals surface area contributed by atoms with Crippen LogP contribution >= 0.6 is 0 Å². The molecule has 1 rings (SSSR count). The molecule has 5 nitrogen and oxygen atoms in total. The van der Waals surface area contributed by atoms with Crippen LogP contribution in [0.25, 0.3) is 0 Å². The summed E-state index contributed by atoms with van der Waals surface area (Å²) in [5, 5.41) is 3.03. The maximum absolute atomic E-state index is 13.9. The molecule has 1 aromatic carbocycles. The zero-order chi connectivity index (χ0) is 15.3. The summed E-state index contributed by atoms with van der Waals surface area (Å²) in [5.41, 5.74) is 6.15. The van der Waals surface area contributed by atoms with Crippen molar-refractivity contribution >= 4 is 17.3 Å². The van der Waals surface area contributed by atoms with Crippen molar-refractivity contribution in [2.45, 2.75) is 19.9 Å². The van der Waals surface area contributed by atoms with Crippen LogP contribution in [0.4, 0.5) is 15.8 Å². The molecule has 3 N–H and O–H groups in total. The number of rotatable bonds is 6. The minimum absolute atomic E-state index is 0.0261. The number of nitrogens with one attached hydrogen (secondary N) is 1. The van der Waals surface area contributed by atoms with E-state index in [2.05, 4.69) is 5.32 Å². The molecule has 1 aromatic rings. The number of anilines is 2. The molecule has 0 amide bonds. The van der Waals surface area contributed by atoms with Gasteiger partial charge in [-0.1, -0.05) is 0 Å². The van der Waals surface area contributed by atoms with Gasteiger partial charge in [0.1, 0.15) is 5.82 Å². The van der Waals surface area contributed by atoms with E-state index < -0.39 is 11.8 Å². The monoisotopic (exact) mass is 283 g/mol. The number of ether oxygens (including phenoxy) is 1. The van der Waals surface area contributed by atoms with E-state index in [0.717, 1.165) is 12.6 Å². The summed E-state index contributed by atoms with van der Waals surface area (Å²) in [6.07, 6.45) is 0. The highest BCUT2D eigenvalue weighted by Crippen LogP contribution is 2.23. The van der Waals surface area contributed by atoms with Crippen LogP contribution in [0.3, 0.4) is 0 Å². The first-order chi connectivity index (χ1) is 9.35. The van der Waals surface area contributed by atoms with Gasteiger partial charge in [-0.05, 0) is 40.1 Å². The molecule has 6 heteroatoms. The number of benzene rings is 1. The molecular formula is C14H22FN3O2. The molecule has 1 atom stereocenters. The van der Waals surface area contributed by atoms with E-state index >= 15 is 0 Å². The Morgan fingerprint density at radius 1 is 1.50 bits per heavy atom. The number of nitrogens with zero attached hydrogens (tertiary/aromatic N) is 1. The summed E-state index contributed by atoms with van der Waals surface area (Å²) in [6.45, 7) is 4.61. The lowest BCUT2D eigenvalue weighted by atomic mass is 10.1. The first-order valence-corrected chi connectivity index (χ1v) is 6.52. The average molecular weight is 283 g/mol. The normalized spacial score (nSPS) is 12.3. The lowest BCUT2D eigenvalue weighted by Crippen LogP contribution is -2.30. The van der Waals surface area contributed by atoms with Gasteiger partial charge in [-0.25, -0.2) is 9.18 Å². The Balaban J connectivity index is 2.96. The number of nitrogens with two attached hydrogens (primary N) is 1. The quantitative estimate of drug-likeness (QED) is 0.617. The molecule has 0 radical (unpaired) electrons. The Hall–Kier alpha value is -1.82. The standard InChI is InChI=1S/C14H22FN3O2/c1-5-20-14(19)10-6-13(11(15)7-12(10)16)17-9(2)8-18(3)4/h6-7,9,17H,5,8,16H2,1-4H3. The van der Waals surface area contributed by atoms with Gasteiger partial charge in [-0.15, -0.1) is 0 Å². The van der Waals surface area contributed by atoms with Crippen molar-refractivity contribution in [1.82, 2.24) is 4.90 Å². The van der Waals surface area contributed by atoms with Crippen LogP contribution in [-0.4, -0.2) is 44.2 Å². The van der Waals surface area contributed by atoms with Gasteiger partial charge >= 0.3 is 5.97 Å². The summed E-state index contributed by atoms with van der Waals surface area (Å²) in [5.74, 6) is -1.03. The predicted molar refractivity (Wildman–Crippen MR) is 78.4 cm³/mol. The van der Waals surface area contributed by atoms with E-state index in [-0.39, 0.29) is 29.6 Å². The van der Waals surface area contributed by atoms with E-state index in [1.54, 1.807) is 6.92 Å². The number of carbonyl (C=O) groups is 1. The van der Waals surface area contributed by atoms with Gasteiger partial charge in [0.15, 0.2) is 0 Å². The molecule has 0 saturated carbocycles. The highest BCUT2D eigenvalue weighted by atomic mass is 19.1. The van der Waals surface area contributed by atoms with Crippen molar-refractivity contribution in [3.8, 4) is 0 Å². The molecule has 0 aliphatic heterocycles. The van der Waals surface area contributed by atoms with Gasteiger partial charge in [-0.3, -0.25) is 0 Å². The first-order valence-electron chi connectivity index (χ1n) is 6.52. The van der Waals surface area contributed by atoms with Crippen molar-refractivity contribution in [3.05, 3.63) is 23.5 Å². The van der Waals surface area contributed by atoms with E-state index in [1.165, 1.54) is 6.07 Å². The topological polar surface area (TPSA) is 67.6 Å². The Labute approximate surface area is 118 Å². The Bertz CT molecular complexity index is 478. The largest absolute Gasteiger partial charge is 0.462 e. The molecule has 0 heterocycles. The fraction of sp³-hybridized carbons (Fsp3) is 0.500. The number of esters is 1. The van der Waals surface area contributed by atoms with Crippen molar-refractivity contribution in [2.24, 2.45) is 0 Å². The van der Waals surface area contributed by atoms with Gasteiger partial charge in [0, 0.05) is 18.3 Å². The van der Waals surface area contributed by atoms with E-state index in [0.29, 0.717) is 0 Å². The van der Waals surface area contributed by atoms with E-state index in [1.807, 2.05) is 25.9 Å². The number of nitrogen functional groups attached to an aromatic ring is 1. The summed E-state index contributed by atoms with van der Waals surface area (Å²) >= 11 is 0. The Morgan fingerprint density at radius 2 is 2.15 bits per heavy atom. The lowest BCUT2D eigenvalue weighted by Gasteiger charge is -2.20. The molecule has 0 spiro atoms. The summed E-state index contributed by atoms with van der Waals surface area (Å²) in [4.78, 5) is 13.7. The first kappa shape index (κ1) is 16.2. The number of likely N-dealkylation sites (N-methyl/N-ethyl adjacent to an activating group) is 1. The van der Waals surface area contributed by atoms with Gasteiger partial charge in [0.05, 0.1) is 17.9 Å². The minimum atomic E-state index is -0.548. The van der Waals surface area contributed by atoms with E-state index in [4.69, 9.17) is 10.5 Å². The summed E-state index contributed by atoms with van der Waals surface area (Å²) in [6, 6.07) is 2.56. The van der Waals surface area contributed by atoms with Crippen LogP contribution in [-0.2, 0) is 4.74 Å². The minimum Gasteiger partial charge on any atom is -0.462 e. The van der Waals surface area contributed by atoms with Crippen LogP contribution in [0.5, 0.6) is 0 Å². The van der Waals surface area contributed by atoms with Crippen LogP contribution in [0.1, 0.15) is 24.2 Å². The van der Waals surface area contributed by atoms with Crippen LogP contribution in [0.2, 0.25) is 0 Å². The molecule has 0 fully saturated rings. The Kier molecular flexibility index (Phi) is 5.76. The third kappa shape index (κ3) is 4.38. The molecule has 0 aromatic heterocycles. The van der Waals surface area contributed by atoms with Gasteiger partial charge in [-0.2, -0.15) is 0 Å². The number of hydrogen-bond donors (Lipinski definition) is 2. The number of carbonyl (C=O) groups excluding carboxylic acids is 1. The maximum Gasteiger partial charge on any atom is 0.340 e. The Morgan fingerprint density at radius 3 is 2.70 bits per heavy atom. The molecule has 0 saturated heterocycles. The average Bonchev–Trinajstić information content (AvgIpc) is 2.31. The molecule has 112 valence electrons. The molecule has 0 bridgehead atoms. The molecule has 1 unspecified atom stereocenters. The van der Waals surface area contributed by atoms with Crippen molar-refractivity contribution in [3.63, 3.8) is 0 Å². The highest BCUT2D eigenvalue weighted by molar-refractivity contribution is 5.96. The highest BCUT2D eigenvalue weighted by Gasteiger charge is 2.16. The smallest absolute Gasteiger partial charge is 0.340 e. The van der Waals surface area contributed by atoms with Gasteiger partial charge in [0.2, 0.25) is 0 Å². The second-order valence-electron chi connectivity index (χ2n) is 4.95. The van der Waals surface area contributed by atoms with Crippen LogP contribution in [0.15, 0.2) is 12.1 Å². The molecule has 0 aliphatic rings. The maximum atomic E-state index is 13.9. The SMILES string of the molecule is CCOC(=O)c1cc(NC(C)CN(C)C)c(F)cc1N. The van der Waals surface area contributed by atoms with Crippen molar-refractivity contribution in [1.29, 1.82) is 0 Å². The number of halogens is 1. The molecule has 20 heavy (non-hydrogen) atoms. The second kappa shape index (κ2) is 7.09. The summed E-state index contributed by atoms with van der Waals surface area (Å²) < 4.78 is 18.8. The lowest BCUT2D eigenvalue weighted by molar-refractivity contribution is 0.0527. The van der Waals surface area contributed by atoms with Gasteiger partial charge in [0.25, 0.3) is 0 Å². The molecular weight excluding hydrogens is 261 g/mol. The van der Waals surface area contributed by atoms with E-state index in [9.17, 15) is 9.18 Å². The van der Waals surface area contributed by atoms with Crippen molar-refractivity contribution in [2.75, 3.05) is 38.3 Å². The molecule has 0 aliphatic carbocycles. The fourth-order valence-electron chi connectivity index (χ4n) is 1.94. The van der Waals surface area contributed by atoms with Crippen LogP contribution < -0.4 is 11.1 Å². The number of hydrogen-bond acceptors (Lipinski definition) is 5. The zero-order valence-electron chi connectivity index (χ0n) is 12.4. The predicted octanol–water partition coefficient (Wildman–Crippen LogP) is 1.95. The van der Waals surface area contributed by atoms with Gasteiger partial charge < -0.3 is 20.7 Å². The second-order valence-corrected chi connectivity index (χ2v) is 4.95. The van der Waals surface area contributed by atoms with Crippen LogP contribution in [0, 0.1) is 5.82 Å². The third-order valence-corrected chi connectivity index (χ3v) is 2.68. The summed E-state index contributed by atoms with van der Waals surface area (Å²) in [7, 11) is 3.86. The fourth-order valence-corrected chi connectivity index (χ4v) is 1.94. The van der Waals surface area contributed by atoms with Crippen molar-refractivity contribution < 1.29 is 13.9 Å². The zero-order valence-corrected chi connectivity index (χ0v) is 12.4. The third-order valence-electron chi connectivity index (χ3n) is 2.68.